The van der Waals surface area contributed by atoms with Gasteiger partial charge in [0.05, 0.1) is 33.8 Å². The number of unbranched alkanes of at least 4 members (excludes halogenated alkanes) is 27. The number of hydrogen-bond donors (Lipinski definition) is 1. The zero-order valence-electron chi connectivity index (χ0n) is 44.3. The van der Waals surface area contributed by atoms with E-state index < -0.39 is 26.6 Å². The summed E-state index contributed by atoms with van der Waals surface area (Å²) in [6, 6.07) is -0.899. The van der Waals surface area contributed by atoms with E-state index >= 15 is 0 Å². The highest BCUT2D eigenvalue weighted by Crippen LogP contribution is 2.38. The highest BCUT2D eigenvalue weighted by atomic mass is 31.2. The molecule has 0 saturated carbocycles. The quantitative estimate of drug-likeness (QED) is 0.0161. The number of ether oxygens (including phenoxy) is 1. The van der Waals surface area contributed by atoms with Crippen LogP contribution in [0.25, 0.3) is 0 Å². The number of esters is 1. The Hall–Kier alpha value is -2.29. The Kier molecular flexibility index (Phi) is 45.8. The van der Waals surface area contributed by atoms with E-state index in [1.54, 1.807) is 0 Å². The second-order valence-electron chi connectivity index (χ2n) is 19.8. The highest BCUT2D eigenvalue weighted by Gasteiger charge is 2.27. The molecule has 0 aromatic carbocycles. The zero-order chi connectivity index (χ0) is 49.4. The Morgan fingerprint density at radius 2 is 0.970 bits per heavy atom. The van der Waals surface area contributed by atoms with Crippen LogP contribution in [0.1, 0.15) is 239 Å². The third kappa shape index (κ3) is 48.5. The number of carbonyl (C=O) groups excluding carboxylic acids is 2. The van der Waals surface area contributed by atoms with Crippen molar-refractivity contribution in [3.05, 3.63) is 60.8 Å². The molecule has 3 unspecified atom stereocenters. The average molecular weight is 961 g/mol. The van der Waals surface area contributed by atoms with Crippen LogP contribution in [0.15, 0.2) is 60.8 Å². The SMILES string of the molecule is CC/C=C/C=C/C=C\CCCCCCCC(=O)NC(COP(=O)([O-])OCC[N+](C)(C)C)C(/C=C/CCCCCCCCCCC)OC(=O)CCCCCCCCC/C=C/CCCCCCCC. The summed E-state index contributed by atoms with van der Waals surface area (Å²) in [5.41, 5.74) is 0. The van der Waals surface area contributed by atoms with Crippen molar-refractivity contribution in [3.8, 4) is 0 Å². The first kappa shape index (κ1) is 64.7. The topological polar surface area (TPSA) is 114 Å². The predicted octanol–water partition coefficient (Wildman–Crippen LogP) is 15.7. The maximum absolute atomic E-state index is 13.4. The minimum absolute atomic E-state index is 0.0287. The molecule has 1 amide bonds. The first-order chi connectivity index (χ1) is 32.4. The van der Waals surface area contributed by atoms with Gasteiger partial charge in [0.25, 0.3) is 7.82 Å². The lowest BCUT2D eigenvalue weighted by atomic mass is 10.1. The van der Waals surface area contributed by atoms with Gasteiger partial charge in [0.1, 0.15) is 19.3 Å². The van der Waals surface area contributed by atoms with Gasteiger partial charge in [-0.3, -0.25) is 14.2 Å². The number of quaternary nitrogens is 1. The van der Waals surface area contributed by atoms with Crippen LogP contribution in [0, 0.1) is 0 Å². The molecule has 0 radical (unpaired) electrons. The third-order valence-electron chi connectivity index (χ3n) is 12.0. The maximum Gasteiger partial charge on any atom is 0.306 e. The van der Waals surface area contributed by atoms with Crippen molar-refractivity contribution in [1.29, 1.82) is 0 Å². The van der Waals surface area contributed by atoms with Crippen LogP contribution in [0.2, 0.25) is 0 Å². The van der Waals surface area contributed by atoms with Gasteiger partial charge in [-0.15, -0.1) is 0 Å². The molecule has 9 nitrogen and oxygen atoms in total. The van der Waals surface area contributed by atoms with E-state index in [9.17, 15) is 19.0 Å². The summed E-state index contributed by atoms with van der Waals surface area (Å²) in [6.07, 6.45) is 57.6. The van der Waals surface area contributed by atoms with E-state index in [1.807, 2.05) is 39.4 Å². The number of amides is 1. The van der Waals surface area contributed by atoms with Gasteiger partial charge < -0.3 is 28.5 Å². The van der Waals surface area contributed by atoms with Crippen molar-refractivity contribution in [3.63, 3.8) is 0 Å². The lowest BCUT2D eigenvalue weighted by Crippen LogP contribution is -2.47. The first-order valence-corrected chi connectivity index (χ1v) is 29.1. The van der Waals surface area contributed by atoms with E-state index in [-0.39, 0.29) is 24.9 Å². The lowest BCUT2D eigenvalue weighted by molar-refractivity contribution is -0.870. The van der Waals surface area contributed by atoms with E-state index in [0.717, 1.165) is 89.9 Å². The third-order valence-corrected chi connectivity index (χ3v) is 13.0. The normalized spacial score (nSPS) is 14.3. The zero-order valence-corrected chi connectivity index (χ0v) is 45.2. The van der Waals surface area contributed by atoms with Gasteiger partial charge in [0, 0.05) is 12.8 Å². The second-order valence-corrected chi connectivity index (χ2v) is 21.2. The number of hydrogen-bond acceptors (Lipinski definition) is 7. The molecular weight excluding hydrogens is 856 g/mol. The maximum atomic E-state index is 13.4. The Labute approximate surface area is 413 Å². The molecule has 0 saturated heterocycles. The molecule has 0 aliphatic heterocycles. The summed E-state index contributed by atoms with van der Waals surface area (Å²) >= 11 is 0. The molecule has 0 heterocycles. The van der Waals surface area contributed by atoms with Gasteiger partial charge in [0.15, 0.2) is 0 Å². The van der Waals surface area contributed by atoms with Crippen LogP contribution in [-0.2, 0) is 27.9 Å². The number of phosphoric acid groups is 1. The minimum Gasteiger partial charge on any atom is -0.756 e. The molecule has 0 aromatic rings. The summed E-state index contributed by atoms with van der Waals surface area (Å²) in [5, 5.41) is 3.00. The molecule has 0 rings (SSSR count). The number of nitrogens with one attached hydrogen (secondary N) is 1. The van der Waals surface area contributed by atoms with Gasteiger partial charge in [-0.1, -0.05) is 210 Å². The minimum atomic E-state index is -4.70. The number of allylic oxidation sites excluding steroid dienone is 9. The smallest absolute Gasteiger partial charge is 0.306 e. The van der Waals surface area contributed by atoms with Crippen LogP contribution in [-0.4, -0.2) is 69.4 Å². The fourth-order valence-corrected chi connectivity index (χ4v) is 8.41. The Morgan fingerprint density at radius 1 is 0.537 bits per heavy atom. The van der Waals surface area contributed by atoms with E-state index in [2.05, 4.69) is 68.6 Å². The molecule has 390 valence electrons. The Balaban J connectivity index is 5.36. The summed E-state index contributed by atoms with van der Waals surface area (Å²) in [7, 11) is 1.16. The molecule has 0 spiro atoms. The molecule has 10 heteroatoms. The Bertz CT molecular complexity index is 1340. The number of phosphoric ester groups is 1. The highest BCUT2D eigenvalue weighted by molar-refractivity contribution is 7.45. The number of nitrogens with zero attached hydrogens (tertiary/aromatic N) is 1. The van der Waals surface area contributed by atoms with Crippen LogP contribution < -0.4 is 10.2 Å². The van der Waals surface area contributed by atoms with Gasteiger partial charge in [-0.05, 0) is 76.7 Å². The van der Waals surface area contributed by atoms with Crippen molar-refractivity contribution in [2.45, 2.75) is 251 Å². The van der Waals surface area contributed by atoms with E-state index in [0.29, 0.717) is 23.9 Å². The molecular formula is C57H105N2O7P. The molecule has 3 atom stereocenters. The Morgan fingerprint density at radius 3 is 1.46 bits per heavy atom. The molecule has 0 bridgehead atoms. The molecule has 67 heavy (non-hydrogen) atoms. The largest absolute Gasteiger partial charge is 0.756 e. The van der Waals surface area contributed by atoms with Crippen molar-refractivity contribution in [2.75, 3.05) is 40.9 Å². The van der Waals surface area contributed by atoms with E-state index in [4.69, 9.17) is 13.8 Å². The van der Waals surface area contributed by atoms with Crippen LogP contribution >= 0.6 is 7.82 Å². The van der Waals surface area contributed by atoms with E-state index in [1.165, 1.54) is 109 Å². The summed E-state index contributed by atoms with van der Waals surface area (Å²) in [4.78, 5) is 39.7. The average Bonchev–Trinajstić information content (AvgIpc) is 3.28. The fraction of sp³-hybridized carbons (Fsp3) is 0.789. The van der Waals surface area contributed by atoms with Gasteiger partial charge in [0.2, 0.25) is 5.91 Å². The lowest BCUT2D eigenvalue weighted by Gasteiger charge is -2.30. The summed E-state index contributed by atoms with van der Waals surface area (Å²) in [6.45, 7) is 6.67. The molecule has 1 N–H and O–H groups in total. The number of carbonyl (C=O) groups is 2. The predicted molar refractivity (Wildman–Crippen MR) is 284 cm³/mol. The number of rotatable bonds is 49. The van der Waals surface area contributed by atoms with Crippen molar-refractivity contribution >= 4 is 19.7 Å². The van der Waals surface area contributed by atoms with Crippen molar-refractivity contribution in [1.82, 2.24) is 5.32 Å². The molecule has 0 aromatic heterocycles. The molecule has 0 fully saturated rings. The summed E-state index contributed by atoms with van der Waals surface area (Å²) < 4.78 is 30.1. The fourth-order valence-electron chi connectivity index (χ4n) is 7.69. The second kappa shape index (κ2) is 47.4. The van der Waals surface area contributed by atoms with Crippen LogP contribution in [0.4, 0.5) is 0 Å². The number of likely N-dealkylation sites (N-methyl/N-ethyl adjacent to an activating group) is 1. The van der Waals surface area contributed by atoms with Gasteiger partial charge in [-0.2, -0.15) is 0 Å². The monoisotopic (exact) mass is 961 g/mol. The first-order valence-electron chi connectivity index (χ1n) is 27.6. The van der Waals surface area contributed by atoms with Crippen LogP contribution in [0.3, 0.4) is 0 Å². The summed E-state index contributed by atoms with van der Waals surface area (Å²) in [5.74, 6) is -0.571. The standard InChI is InChI=1S/C57H105N2O7P/c1-7-10-13-16-19-22-25-27-28-29-30-32-35-38-41-44-47-50-57(61)66-55(48-45-42-39-36-33-24-21-18-15-12-9-3)54(53-65-67(62,63)64-52-51-59(4,5)6)58-56(60)49-46-43-40-37-34-31-26-23-20-17-14-11-8-2/h11,14,17,20,23,26-28,45,48,54-55H,7-10,12-13,15-16,18-19,21-22,24-25,29-44,46-47,49-53H2,1-6H3,(H-,58,60,62,63)/b14-11+,20-17+,26-23-,28-27+,48-45+. The van der Waals surface area contributed by atoms with Crippen molar-refractivity contribution in [2.24, 2.45) is 0 Å². The van der Waals surface area contributed by atoms with Gasteiger partial charge >= 0.3 is 5.97 Å². The van der Waals surface area contributed by atoms with Crippen LogP contribution in [0.5, 0.6) is 0 Å². The van der Waals surface area contributed by atoms with Crippen molar-refractivity contribution < 1.29 is 37.3 Å². The molecule has 0 aliphatic carbocycles. The van der Waals surface area contributed by atoms with Gasteiger partial charge in [-0.25, -0.2) is 0 Å². The molecule has 0 aliphatic rings.